The van der Waals surface area contributed by atoms with E-state index in [0.717, 1.165) is 5.56 Å². The fraction of sp³-hybridized carbons (Fsp3) is 0. The van der Waals surface area contributed by atoms with Gasteiger partial charge in [-0.1, -0.05) is 42.5 Å². The number of aromatic hydroxyl groups is 1. The van der Waals surface area contributed by atoms with Crippen LogP contribution in [0.4, 0.5) is 10.5 Å². The van der Waals surface area contributed by atoms with Crippen LogP contribution in [0.15, 0.2) is 60.8 Å². The first-order valence-corrected chi connectivity index (χ1v) is 5.83. The molecule has 2 rings (SSSR count). The summed E-state index contributed by atoms with van der Waals surface area (Å²) in [6, 6.07) is 15.8. The molecule has 0 aromatic heterocycles. The Hall–Kier alpha value is -2.75. The van der Waals surface area contributed by atoms with Crippen LogP contribution in [0.3, 0.4) is 0 Å². The zero-order valence-corrected chi connectivity index (χ0v) is 10.2. The minimum Gasteiger partial charge on any atom is -0.506 e. The van der Waals surface area contributed by atoms with Gasteiger partial charge in [0.05, 0.1) is 5.69 Å². The van der Waals surface area contributed by atoms with E-state index in [4.69, 9.17) is 0 Å². The minimum absolute atomic E-state index is 0.0321. The highest BCUT2D eigenvalue weighted by Gasteiger charge is 2.02. The lowest BCUT2D eigenvalue weighted by molar-refractivity contribution is 0.255. The molecule has 96 valence electrons. The van der Waals surface area contributed by atoms with Gasteiger partial charge in [0.2, 0.25) is 0 Å². The highest BCUT2D eigenvalue weighted by Crippen LogP contribution is 2.20. The van der Waals surface area contributed by atoms with Crippen molar-refractivity contribution < 1.29 is 9.90 Å². The van der Waals surface area contributed by atoms with Crippen LogP contribution in [0, 0.1) is 0 Å². The van der Waals surface area contributed by atoms with Crippen LogP contribution in [-0.2, 0) is 0 Å². The average Bonchev–Trinajstić information content (AvgIpc) is 2.43. The number of amides is 2. The smallest absolute Gasteiger partial charge is 0.323 e. The number of phenols is 1. The van der Waals surface area contributed by atoms with Crippen molar-refractivity contribution in [2.45, 2.75) is 0 Å². The first-order chi connectivity index (χ1) is 9.25. The monoisotopic (exact) mass is 254 g/mol. The Balaban J connectivity index is 1.89. The van der Waals surface area contributed by atoms with Crippen LogP contribution < -0.4 is 10.6 Å². The number of nitrogens with one attached hydrogen (secondary N) is 2. The molecule has 4 heteroatoms. The number of benzene rings is 2. The summed E-state index contributed by atoms with van der Waals surface area (Å²) in [4.78, 5) is 11.6. The van der Waals surface area contributed by atoms with E-state index < -0.39 is 6.03 Å². The molecule has 2 amide bonds. The molecule has 0 saturated heterocycles. The molecule has 0 unspecified atom stereocenters. The first-order valence-electron chi connectivity index (χ1n) is 5.83. The van der Waals surface area contributed by atoms with Crippen molar-refractivity contribution in [1.29, 1.82) is 0 Å². The molecule has 19 heavy (non-hydrogen) atoms. The number of anilines is 1. The van der Waals surface area contributed by atoms with Crippen LogP contribution in [0.1, 0.15) is 5.56 Å². The van der Waals surface area contributed by atoms with Gasteiger partial charge in [-0.3, -0.25) is 0 Å². The van der Waals surface area contributed by atoms with Crippen molar-refractivity contribution in [3.8, 4) is 5.75 Å². The number of carbonyl (C=O) groups excluding carboxylic acids is 1. The van der Waals surface area contributed by atoms with Gasteiger partial charge in [-0.25, -0.2) is 4.79 Å². The van der Waals surface area contributed by atoms with Gasteiger partial charge in [0.15, 0.2) is 0 Å². The molecule has 2 aromatic carbocycles. The molecule has 0 aliphatic carbocycles. The SMILES string of the molecule is O=C(N/C=C/c1ccccc1)Nc1ccccc1O. The van der Waals surface area contributed by atoms with Crippen molar-refractivity contribution in [3.05, 3.63) is 66.4 Å². The minimum atomic E-state index is -0.409. The normalized spacial score (nSPS) is 10.3. The highest BCUT2D eigenvalue weighted by atomic mass is 16.3. The Morgan fingerprint density at radius 2 is 1.68 bits per heavy atom. The molecule has 0 heterocycles. The molecule has 0 atom stereocenters. The third-order valence-corrected chi connectivity index (χ3v) is 2.44. The predicted octanol–water partition coefficient (Wildman–Crippen LogP) is 3.18. The maximum Gasteiger partial charge on any atom is 0.323 e. The van der Waals surface area contributed by atoms with Gasteiger partial charge in [-0.15, -0.1) is 0 Å². The summed E-state index contributed by atoms with van der Waals surface area (Å²) in [5, 5.41) is 14.6. The Kier molecular flexibility index (Phi) is 4.18. The number of phenolic OH excluding ortho intramolecular Hbond substituents is 1. The second kappa shape index (κ2) is 6.26. The molecular weight excluding hydrogens is 240 g/mol. The van der Waals surface area contributed by atoms with Crippen molar-refractivity contribution >= 4 is 17.8 Å². The standard InChI is InChI=1S/C15H14N2O2/c18-14-9-5-4-8-13(14)17-15(19)16-11-10-12-6-2-1-3-7-12/h1-11,18H,(H2,16,17,19)/b11-10+. The van der Waals surface area contributed by atoms with E-state index in [-0.39, 0.29) is 5.75 Å². The van der Waals surface area contributed by atoms with Crippen molar-refractivity contribution in [1.82, 2.24) is 5.32 Å². The van der Waals surface area contributed by atoms with Crippen LogP contribution in [-0.4, -0.2) is 11.1 Å². The zero-order chi connectivity index (χ0) is 13.5. The molecule has 2 aromatic rings. The van der Waals surface area contributed by atoms with Gasteiger partial charge in [-0.2, -0.15) is 0 Å². The van der Waals surface area contributed by atoms with E-state index in [1.807, 2.05) is 30.3 Å². The topological polar surface area (TPSA) is 61.4 Å². The van der Waals surface area contributed by atoms with E-state index in [9.17, 15) is 9.90 Å². The lowest BCUT2D eigenvalue weighted by Crippen LogP contribution is -2.23. The fourth-order valence-electron chi connectivity index (χ4n) is 1.52. The summed E-state index contributed by atoms with van der Waals surface area (Å²) in [7, 11) is 0. The Labute approximate surface area is 111 Å². The summed E-state index contributed by atoms with van der Waals surface area (Å²) >= 11 is 0. The summed E-state index contributed by atoms with van der Waals surface area (Å²) in [6.45, 7) is 0. The summed E-state index contributed by atoms with van der Waals surface area (Å²) in [5.74, 6) is 0.0321. The van der Waals surface area contributed by atoms with Gasteiger partial charge in [-0.05, 0) is 23.8 Å². The number of urea groups is 1. The lowest BCUT2D eigenvalue weighted by Gasteiger charge is -2.05. The van der Waals surface area contributed by atoms with Crippen LogP contribution >= 0.6 is 0 Å². The highest BCUT2D eigenvalue weighted by molar-refractivity contribution is 5.91. The number of carbonyl (C=O) groups is 1. The van der Waals surface area contributed by atoms with Crippen molar-refractivity contribution in [2.24, 2.45) is 0 Å². The van der Waals surface area contributed by atoms with Crippen molar-refractivity contribution in [2.75, 3.05) is 5.32 Å². The maximum absolute atomic E-state index is 11.6. The summed E-state index contributed by atoms with van der Waals surface area (Å²) < 4.78 is 0. The van der Waals surface area contributed by atoms with Gasteiger partial charge in [0, 0.05) is 6.20 Å². The van der Waals surface area contributed by atoms with Crippen LogP contribution in [0.2, 0.25) is 0 Å². The molecule has 0 bridgehead atoms. The summed E-state index contributed by atoms with van der Waals surface area (Å²) in [6.07, 6.45) is 3.33. The number of hydrogen-bond acceptors (Lipinski definition) is 2. The van der Waals surface area contributed by atoms with Crippen LogP contribution in [0.5, 0.6) is 5.75 Å². The largest absolute Gasteiger partial charge is 0.506 e. The Morgan fingerprint density at radius 1 is 1.00 bits per heavy atom. The number of hydrogen-bond donors (Lipinski definition) is 3. The van der Waals surface area contributed by atoms with E-state index in [2.05, 4.69) is 10.6 Å². The average molecular weight is 254 g/mol. The zero-order valence-electron chi connectivity index (χ0n) is 10.2. The molecule has 3 N–H and O–H groups in total. The molecule has 0 fully saturated rings. The van der Waals surface area contributed by atoms with Crippen molar-refractivity contribution in [3.63, 3.8) is 0 Å². The molecule has 0 spiro atoms. The molecule has 4 nitrogen and oxygen atoms in total. The second-order valence-corrected chi connectivity index (χ2v) is 3.86. The summed E-state index contributed by atoms with van der Waals surface area (Å²) in [5.41, 5.74) is 1.36. The van der Waals surface area contributed by atoms with Gasteiger partial charge >= 0.3 is 6.03 Å². The number of rotatable bonds is 3. The van der Waals surface area contributed by atoms with Gasteiger partial charge < -0.3 is 15.7 Å². The third-order valence-electron chi connectivity index (χ3n) is 2.44. The molecule has 0 saturated carbocycles. The fourth-order valence-corrected chi connectivity index (χ4v) is 1.52. The molecule has 0 radical (unpaired) electrons. The molecular formula is C15H14N2O2. The van der Waals surface area contributed by atoms with Gasteiger partial charge in [0.25, 0.3) is 0 Å². The van der Waals surface area contributed by atoms with E-state index in [1.165, 1.54) is 6.07 Å². The quantitative estimate of drug-likeness (QED) is 0.737. The molecule has 0 aliphatic heterocycles. The number of para-hydroxylation sites is 2. The van der Waals surface area contributed by atoms with E-state index in [1.54, 1.807) is 30.5 Å². The first kappa shape index (κ1) is 12.7. The third kappa shape index (κ3) is 3.89. The van der Waals surface area contributed by atoms with E-state index in [0.29, 0.717) is 5.69 Å². The van der Waals surface area contributed by atoms with Crippen LogP contribution in [0.25, 0.3) is 6.08 Å². The van der Waals surface area contributed by atoms with Gasteiger partial charge in [0.1, 0.15) is 5.75 Å². The molecule has 0 aliphatic rings. The maximum atomic E-state index is 11.6. The second-order valence-electron chi connectivity index (χ2n) is 3.86. The predicted molar refractivity (Wildman–Crippen MR) is 75.7 cm³/mol. The van der Waals surface area contributed by atoms with E-state index >= 15 is 0 Å². The Morgan fingerprint density at radius 3 is 2.42 bits per heavy atom. The Bertz CT molecular complexity index is 580. The lowest BCUT2D eigenvalue weighted by atomic mass is 10.2.